The number of hydrogen-bond donors (Lipinski definition) is 0. The molecule has 0 unspecified atom stereocenters. The number of rotatable bonds is 6. The molecule has 268 valence electrons. The Bertz CT molecular complexity index is 1750. The monoisotopic (exact) mass is 791 g/mol. The summed E-state index contributed by atoms with van der Waals surface area (Å²) < 4.78 is 0. The number of nitrogens with zero attached hydrogens (tertiary/aromatic N) is 3. The normalized spacial score (nSPS) is 11.8. The quantitative estimate of drug-likeness (QED) is 0.0959. The number of halogens is 2. The summed E-state index contributed by atoms with van der Waals surface area (Å²) in [5.74, 6) is 0. The number of benzene rings is 4. The molecule has 0 radical (unpaired) electrons. The Hall–Kier alpha value is -3.10. The van der Waals surface area contributed by atoms with Gasteiger partial charge in [-0.25, -0.2) is 15.0 Å². The maximum Gasteiger partial charge on any atom is 2.00 e. The average molecular weight is 793 g/mol. The van der Waals surface area contributed by atoms with E-state index in [9.17, 15) is 0 Å². The van der Waals surface area contributed by atoms with Gasteiger partial charge in [0.2, 0.25) is 0 Å². The van der Waals surface area contributed by atoms with Crippen LogP contribution in [0.1, 0.15) is 44.8 Å². The molecule has 3 nitrogen and oxygen atoms in total. The number of pyridine rings is 1. The number of hydrogen-bond acceptors (Lipinski definition) is 3. The van der Waals surface area contributed by atoms with Crippen LogP contribution < -0.4 is 0 Å². The molecule has 0 fully saturated rings. The summed E-state index contributed by atoms with van der Waals surface area (Å²) >= 11 is 13.4. The minimum Gasteiger partial charge on any atom is -0.342 e. The van der Waals surface area contributed by atoms with Gasteiger partial charge < -0.3 is 13.1 Å². The van der Waals surface area contributed by atoms with Crippen molar-refractivity contribution < 1.29 is 17.1 Å². The summed E-state index contributed by atoms with van der Waals surface area (Å²) in [5.41, 5.74) is 10.4. The van der Waals surface area contributed by atoms with E-state index in [4.69, 9.17) is 38.2 Å². The molecule has 0 saturated heterocycles. The first-order chi connectivity index (χ1) is 23.3. The van der Waals surface area contributed by atoms with Gasteiger partial charge in [-0.1, -0.05) is 141 Å². The second kappa shape index (κ2) is 19.7. The Morgan fingerprint density at radius 1 is 0.529 bits per heavy atom. The third-order valence-corrected chi connectivity index (χ3v) is 7.15. The molecule has 1 aromatic heterocycles. The molecule has 8 heteroatoms. The van der Waals surface area contributed by atoms with Gasteiger partial charge >= 0.3 is 17.1 Å². The van der Waals surface area contributed by atoms with Gasteiger partial charge in [0.25, 0.3) is 0 Å². The maximum atomic E-state index is 6.69. The third-order valence-electron chi connectivity index (χ3n) is 6.57. The molecule has 0 aliphatic rings. The first kappa shape index (κ1) is 44.1. The third kappa shape index (κ3) is 15.2. The van der Waals surface area contributed by atoms with Crippen molar-refractivity contribution in [2.75, 3.05) is 0 Å². The van der Waals surface area contributed by atoms with Crippen molar-refractivity contribution in [3.8, 4) is 0 Å². The molecule has 0 spiro atoms. The van der Waals surface area contributed by atoms with Gasteiger partial charge in [-0.3, -0.25) is 0 Å². The van der Waals surface area contributed by atoms with Crippen molar-refractivity contribution in [1.82, 2.24) is 4.98 Å². The minimum absolute atomic E-state index is 0. The van der Waals surface area contributed by atoms with E-state index in [0.29, 0.717) is 10.0 Å². The Kier molecular flexibility index (Phi) is 17.0. The summed E-state index contributed by atoms with van der Waals surface area (Å²) in [5, 5.41) is 1.22. The molecule has 1 heterocycles. The predicted molar refractivity (Wildman–Crippen MR) is 227 cm³/mol. The maximum absolute atomic E-state index is 6.69. The van der Waals surface area contributed by atoms with Gasteiger partial charge in [0.15, 0.2) is 0 Å². The van der Waals surface area contributed by atoms with Gasteiger partial charge in [-0.2, -0.15) is 0 Å². The van der Waals surface area contributed by atoms with Crippen molar-refractivity contribution in [3.63, 3.8) is 0 Å². The second-order valence-corrected chi connectivity index (χ2v) is 26.1. The number of aromatic nitrogens is 1. The van der Waals surface area contributed by atoms with Crippen molar-refractivity contribution in [2.24, 2.45) is 9.98 Å². The summed E-state index contributed by atoms with van der Waals surface area (Å²) in [7, 11) is -1.72. The van der Waals surface area contributed by atoms with Gasteiger partial charge in [-0.05, 0) is 74.2 Å². The van der Waals surface area contributed by atoms with Crippen LogP contribution in [-0.2, 0) is 17.1 Å². The van der Waals surface area contributed by atoms with Gasteiger partial charge in [0, 0.05) is 11.1 Å². The van der Waals surface area contributed by atoms with Crippen LogP contribution in [0.5, 0.6) is 0 Å². The fourth-order valence-corrected chi connectivity index (χ4v) is 5.48. The molecule has 0 saturated carbocycles. The molecule has 4 aromatic carbocycles. The van der Waals surface area contributed by atoms with Crippen molar-refractivity contribution >= 4 is 62.1 Å². The van der Waals surface area contributed by atoms with E-state index in [1.807, 2.05) is 119 Å². The van der Waals surface area contributed by atoms with E-state index < -0.39 is 16.1 Å². The van der Waals surface area contributed by atoms with E-state index in [1.165, 1.54) is 0 Å². The smallest absolute Gasteiger partial charge is 0.342 e. The van der Waals surface area contributed by atoms with Crippen LogP contribution >= 0.6 is 23.2 Å². The number of aliphatic imine (C=N–C) groups is 2. The molecule has 0 N–H and O–H groups in total. The van der Waals surface area contributed by atoms with Crippen LogP contribution in [0.15, 0.2) is 113 Å². The summed E-state index contributed by atoms with van der Waals surface area (Å²) in [6, 6.07) is 34.1. The Labute approximate surface area is 330 Å². The molecule has 0 aliphatic heterocycles. The van der Waals surface area contributed by atoms with E-state index >= 15 is 0 Å². The van der Waals surface area contributed by atoms with E-state index in [1.54, 1.807) is 0 Å². The second-order valence-electron chi connectivity index (χ2n) is 15.0. The van der Waals surface area contributed by atoms with Crippen LogP contribution in [0.2, 0.25) is 49.3 Å². The summed E-state index contributed by atoms with van der Waals surface area (Å²) in [6.07, 6.45) is 0. The fraction of sp³-hybridized carbons (Fsp3) is 0.233. The zero-order valence-electron chi connectivity index (χ0n) is 31.7. The average Bonchev–Trinajstić information content (AvgIpc) is 3.00. The fourth-order valence-electron chi connectivity index (χ4n) is 4.75. The Morgan fingerprint density at radius 3 is 1.14 bits per heavy atom. The Morgan fingerprint density at radius 2 is 0.843 bits per heavy atom. The summed E-state index contributed by atoms with van der Waals surface area (Å²) in [4.78, 5) is 15.3. The van der Waals surface area contributed by atoms with Gasteiger partial charge in [-0.15, -0.1) is 16.1 Å². The standard InChI is InChI=1S/C35H29Cl2N3.2C4H11Si.Fe/c1-22-18-24(3)32(28(36)20-22)39-34(26-12-7-5-8-13-26)30-16-11-17-31(38-30)35(27-14-9-6-10-15-27)40-33-25(4)19-23(2)21-29(33)37;2*1-5(2,3)4;/h5-21H,1-4H3;2*1H2,2-4H3;/q;2*-1;+2. The first-order valence-corrected chi connectivity index (χ1v) is 25.0. The van der Waals surface area contributed by atoms with Crippen molar-refractivity contribution in [2.45, 2.75) is 67.0 Å². The Balaban J connectivity index is 0.000000723. The molecule has 5 rings (SSSR count). The minimum atomic E-state index is -0.861. The van der Waals surface area contributed by atoms with Crippen LogP contribution in [0, 0.1) is 40.8 Å². The molecule has 5 aromatic rings. The molecule has 0 amide bonds. The zero-order valence-corrected chi connectivity index (χ0v) is 36.3. The van der Waals surface area contributed by atoms with E-state index in [0.717, 1.165) is 67.6 Å². The largest absolute Gasteiger partial charge is 2.00 e. The first-order valence-electron chi connectivity index (χ1n) is 16.8. The van der Waals surface area contributed by atoms with E-state index in [2.05, 4.69) is 64.5 Å². The molecule has 0 bridgehead atoms. The molecular weight excluding hydrogens is 741 g/mol. The van der Waals surface area contributed by atoms with E-state index in [-0.39, 0.29) is 17.1 Å². The number of aryl methyl sites for hydroxylation is 4. The molecule has 0 aliphatic carbocycles. The molecule has 0 atom stereocenters. The molecule has 51 heavy (non-hydrogen) atoms. The van der Waals surface area contributed by atoms with Gasteiger partial charge in [0.1, 0.15) is 0 Å². The van der Waals surface area contributed by atoms with Gasteiger partial charge in [0.05, 0.1) is 44.2 Å². The molecular formula is C43H51Cl2FeN3Si2. The predicted octanol–water partition coefficient (Wildman–Crippen LogP) is 13.4. The summed E-state index contributed by atoms with van der Waals surface area (Å²) in [6.45, 7) is 29.2. The zero-order chi connectivity index (χ0) is 37.2. The van der Waals surface area contributed by atoms with Crippen molar-refractivity contribution in [3.05, 3.63) is 171 Å². The van der Waals surface area contributed by atoms with Crippen LogP contribution in [0.3, 0.4) is 0 Å². The van der Waals surface area contributed by atoms with Crippen LogP contribution in [0.25, 0.3) is 0 Å². The van der Waals surface area contributed by atoms with Crippen molar-refractivity contribution in [1.29, 1.82) is 0 Å². The van der Waals surface area contributed by atoms with Crippen LogP contribution in [0.4, 0.5) is 11.4 Å². The van der Waals surface area contributed by atoms with Crippen LogP contribution in [-0.4, -0.2) is 32.6 Å². The SMILES string of the molecule is Cc1cc(C)c(N=C(c2ccccc2)c2cccc(C(=Nc3c(C)cc(C)cc3Cl)c3ccccc3)n2)c(Cl)c1.[CH2-][Si](C)(C)C.[CH2-][Si](C)(C)C.[Fe+2]. The topological polar surface area (TPSA) is 37.6 Å².